The molecule has 28 heavy (non-hydrogen) atoms. The summed E-state index contributed by atoms with van der Waals surface area (Å²) >= 11 is 0. The van der Waals surface area contributed by atoms with Gasteiger partial charge >= 0.3 is 0 Å². The van der Waals surface area contributed by atoms with Gasteiger partial charge in [0.2, 0.25) is 11.3 Å². The van der Waals surface area contributed by atoms with Gasteiger partial charge in [-0.05, 0) is 43.3 Å². The minimum Gasteiger partial charge on any atom is -0.494 e. The molecule has 0 aliphatic rings. The Morgan fingerprint density at radius 3 is 2.46 bits per heavy atom. The molecular formula is C21H21N3O4. The number of ether oxygens (including phenoxy) is 1. The third kappa shape index (κ3) is 4.03. The van der Waals surface area contributed by atoms with Crippen molar-refractivity contribution >= 4 is 34.1 Å². The lowest BCUT2D eigenvalue weighted by Gasteiger charge is -2.12. The zero-order valence-electron chi connectivity index (χ0n) is 15.9. The molecule has 144 valence electrons. The Hall–Kier alpha value is -3.61. The van der Waals surface area contributed by atoms with Crippen molar-refractivity contribution in [3.63, 3.8) is 0 Å². The van der Waals surface area contributed by atoms with Crippen LogP contribution in [0.25, 0.3) is 10.9 Å². The summed E-state index contributed by atoms with van der Waals surface area (Å²) in [6.07, 6.45) is 1.51. The van der Waals surface area contributed by atoms with Crippen LogP contribution in [0.3, 0.4) is 0 Å². The monoisotopic (exact) mass is 379 g/mol. The van der Waals surface area contributed by atoms with E-state index < -0.39 is 5.91 Å². The minimum absolute atomic E-state index is 0.0218. The van der Waals surface area contributed by atoms with Crippen LogP contribution in [0.15, 0.2) is 53.5 Å². The molecule has 1 heterocycles. The Kier molecular flexibility index (Phi) is 5.44. The summed E-state index contributed by atoms with van der Waals surface area (Å²) in [4.78, 5) is 36.8. The Morgan fingerprint density at radius 2 is 1.79 bits per heavy atom. The van der Waals surface area contributed by atoms with Gasteiger partial charge < -0.3 is 19.9 Å². The molecule has 0 aliphatic carbocycles. The highest BCUT2D eigenvalue weighted by Gasteiger charge is 2.15. The highest BCUT2D eigenvalue weighted by atomic mass is 16.5. The normalized spacial score (nSPS) is 10.5. The molecule has 0 bridgehead atoms. The molecule has 0 unspecified atom stereocenters. The van der Waals surface area contributed by atoms with Gasteiger partial charge in [0.25, 0.3) is 5.91 Å². The molecule has 0 saturated carbocycles. The molecule has 3 rings (SSSR count). The van der Waals surface area contributed by atoms with Crippen LogP contribution in [0.5, 0.6) is 5.75 Å². The van der Waals surface area contributed by atoms with E-state index in [9.17, 15) is 14.4 Å². The third-order valence-electron chi connectivity index (χ3n) is 4.16. The second-order valence-electron chi connectivity index (χ2n) is 6.31. The molecule has 0 saturated heterocycles. The first-order valence-electron chi connectivity index (χ1n) is 8.84. The van der Waals surface area contributed by atoms with Gasteiger partial charge in [-0.25, -0.2) is 0 Å². The molecule has 2 amide bonds. The van der Waals surface area contributed by atoms with Crippen molar-refractivity contribution in [2.75, 3.05) is 17.2 Å². The summed E-state index contributed by atoms with van der Waals surface area (Å²) in [5, 5.41) is 5.77. The van der Waals surface area contributed by atoms with Crippen molar-refractivity contribution in [1.82, 2.24) is 4.57 Å². The average Bonchev–Trinajstić information content (AvgIpc) is 2.64. The van der Waals surface area contributed by atoms with Crippen LogP contribution in [0.4, 0.5) is 11.4 Å². The Bertz CT molecular complexity index is 1120. The van der Waals surface area contributed by atoms with Gasteiger partial charge in [-0.1, -0.05) is 6.07 Å². The number of benzene rings is 2. The molecule has 7 heteroatoms. The van der Waals surface area contributed by atoms with Gasteiger partial charge in [-0.15, -0.1) is 0 Å². The first-order chi connectivity index (χ1) is 13.4. The molecule has 1 aromatic heterocycles. The van der Waals surface area contributed by atoms with Gasteiger partial charge in [-0.2, -0.15) is 0 Å². The van der Waals surface area contributed by atoms with E-state index in [0.29, 0.717) is 34.6 Å². The smallest absolute Gasteiger partial charge is 0.261 e. The summed E-state index contributed by atoms with van der Waals surface area (Å²) in [5.74, 6) is -0.158. The number of pyridine rings is 1. The SMILES string of the molecule is CCOc1ccc2c(c1)c(=O)c(C(=O)Nc1cccc(NC(C)=O)c1)cn2C. The van der Waals surface area contributed by atoms with Crippen molar-refractivity contribution in [2.24, 2.45) is 7.05 Å². The molecule has 0 spiro atoms. The number of aromatic nitrogens is 1. The van der Waals surface area contributed by atoms with Crippen molar-refractivity contribution in [3.8, 4) is 5.75 Å². The van der Waals surface area contributed by atoms with Gasteiger partial charge in [0.05, 0.1) is 17.5 Å². The minimum atomic E-state index is -0.524. The quantitative estimate of drug-likeness (QED) is 0.713. The van der Waals surface area contributed by atoms with Crippen LogP contribution < -0.4 is 20.8 Å². The second-order valence-corrected chi connectivity index (χ2v) is 6.31. The first-order valence-corrected chi connectivity index (χ1v) is 8.84. The van der Waals surface area contributed by atoms with E-state index >= 15 is 0 Å². The molecular weight excluding hydrogens is 358 g/mol. The lowest BCUT2D eigenvalue weighted by molar-refractivity contribution is -0.114. The lowest BCUT2D eigenvalue weighted by atomic mass is 10.1. The summed E-state index contributed by atoms with van der Waals surface area (Å²) in [7, 11) is 1.77. The van der Waals surface area contributed by atoms with Crippen LogP contribution in [-0.2, 0) is 11.8 Å². The number of hydrogen-bond acceptors (Lipinski definition) is 4. The van der Waals surface area contributed by atoms with Gasteiger partial charge in [-0.3, -0.25) is 14.4 Å². The number of carbonyl (C=O) groups excluding carboxylic acids is 2. The van der Waals surface area contributed by atoms with E-state index in [0.717, 1.165) is 0 Å². The second kappa shape index (κ2) is 7.96. The molecule has 3 aromatic rings. The third-order valence-corrected chi connectivity index (χ3v) is 4.16. The zero-order chi connectivity index (χ0) is 20.3. The van der Waals surface area contributed by atoms with E-state index in [4.69, 9.17) is 4.74 Å². The average molecular weight is 379 g/mol. The molecule has 0 radical (unpaired) electrons. The van der Waals surface area contributed by atoms with Crippen LogP contribution in [0.1, 0.15) is 24.2 Å². The van der Waals surface area contributed by atoms with Gasteiger partial charge in [0, 0.05) is 31.5 Å². The molecule has 0 fully saturated rings. The van der Waals surface area contributed by atoms with Crippen LogP contribution in [0.2, 0.25) is 0 Å². The van der Waals surface area contributed by atoms with E-state index in [2.05, 4.69) is 10.6 Å². The van der Waals surface area contributed by atoms with E-state index in [-0.39, 0.29) is 16.9 Å². The fourth-order valence-corrected chi connectivity index (χ4v) is 2.97. The summed E-state index contributed by atoms with van der Waals surface area (Å²) in [6, 6.07) is 11.9. The summed E-state index contributed by atoms with van der Waals surface area (Å²) < 4.78 is 7.20. The molecule has 0 aliphatic heterocycles. The standard InChI is InChI=1S/C21H21N3O4/c1-4-28-16-8-9-19-17(11-16)20(26)18(12-24(19)3)21(27)23-15-7-5-6-14(10-15)22-13(2)25/h5-12H,4H2,1-3H3,(H,22,25)(H,23,27). The van der Waals surface area contributed by atoms with Crippen molar-refractivity contribution in [3.05, 3.63) is 64.4 Å². The zero-order valence-corrected chi connectivity index (χ0v) is 15.9. The van der Waals surface area contributed by atoms with E-state index in [1.54, 1.807) is 54.1 Å². The molecule has 0 atom stereocenters. The fraction of sp³-hybridized carbons (Fsp3) is 0.190. The Labute approximate surface area is 161 Å². The lowest BCUT2D eigenvalue weighted by Crippen LogP contribution is -2.23. The number of carbonyl (C=O) groups is 2. The Morgan fingerprint density at radius 1 is 1.07 bits per heavy atom. The Balaban J connectivity index is 1.96. The van der Waals surface area contributed by atoms with Crippen molar-refractivity contribution in [1.29, 1.82) is 0 Å². The van der Waals surface area contributed by atoms with Crippen LogP contribution in [-0.4, -0.2) is 23.0 Å². The number of rotatable bonds is 5. The van der Waals surface area contributed by atoms with Crippen molar-refractivity contribution < 1.29 is 14.3 Å². The van der Waals surface area contributed by atoms with E-state index in [1.165, 1.54) is 13.1 Å². The maximum absolute atomic E-state index is 12.9. The summed E-state index contributed by atoms with van der Waals surface area (Å²) in [5.41, 5.74) is 1.39. The number of amides is 2. The van der Waals surface area contributed by atoms with Gasteiger partial charge in [0.1, 0.15) is 11.3 Å². The molecule has 2 N–H and O–H groups in total. The molecule has 2 aromatic carbocycles. The number of anilines is 2. The fourth-order valence-electron chi connectivity index (χ4n) is 2.97. The first kappa shape index (κ1) is 19.2. The van der Waals surface area contributed by atoms with Crippen LogP contribution >= 0.6 is 0 Å². The number of nitrogens with one attached hydrogen (secondary N) is 2. The highest BCUT2D eigenvalue weighted by Crippen LogP contribution is 2.20. The topological polar surface area (TPSA) is 89.4 Å². The molecule has 7 nitrogen and oxygen atoms in total. The number of nitrogens with zero attached hydrogens (tertiary/aromatic N) is 1. The largest absolute Gasteiger partial charge is 0.494 e. The predicted molar refractivity (Wildman–Crippen MR) is 109 cm³/mol. The van der Waals surface area contributed by atoms with Crippen LogP contribution in [0, 0.1) is 0 Å². The van der Waals surface area contributed by atoms with E-state index in [1.807, 2.05) is 6.92 Å². The maximum atomic E-state index is 12.9. The van der Waals surface area contributed by atoms with Crippen molar-refractivity contribution in [2.45, 2.75) is 13.8 Å². The van der Waals surface area contributed by atoms with Gasteiger partial charge in [0.15, 0.2) is 0 Å². The number of fused-ring (bicyclic) bond motifs is 1. The number of hydrogen-bond donors (Lipinski definition) is 2. The summed E-state index contributed by atoms with van der Waals surface area (Å²) in [6.45, 7) is 3.75. The predicted octanol–water partition coefficient (Wildman–Crippen LogP) is 3.15. The highest BCUT2D eigenvalue weighted by molar-refractivity contribution is 6.06. The maximum Gasteiger partial charge on any atom is 0.261 e. The number of aryl methyl sites for hydroxylation is 1.